The molecule has 4 rings (SSSR count). The fourth-order valence-corrected chi connectivity index (χ4v) is 3.47. The maximum absolute atomic E-state index is 11.4. The van der Waals surface area contributed by atoms with Crippen LogP contribution in [0, 0.1) is 0 Å². The zero-order valence-electron chi connectivity index (χ0n) is 14.2. The van der Waals surface area contributed by atoms with E-state index < -0.39 is 5.91 Å². The molecule has 136 valence electrons. The minimum absolute atomic E-state index is 0.224. The average molecular weight is 380 g/mol. The zero-order chi connectivity index (χ0) is 18.8. The summed E-state index contributed by atoms with van der Waals surface area (Å²) in [6.45, 7) is 0.482. The van der Waals surface area contributed by atoms with Gasteiger partial charge in [-0.05, 0) is 29.8 Å². The molecule has 9 heteroatoms. The fraction of sp³-hybridized carbons (Fsp3) is 0.111. The van der Waals surface area contributed by atoms with Gasteiger partial charge in [-0.2, -0.15) is 5.10 Å². The summed E-state index contributed by atoms with van der Waals surface area (Å²) in [7, 11) is 0. The van der Waals surface area contributed by atoms with Crippen molar-refractivity contribution in [2.24, 2.45) is 15.8 Å². The SMILES string of the molecule is NC(=O)c1ccc(CN=C2NN=C(c3ccc4[nH]c(=O)[nH]c4c3)CS2)cc1. The molecule has 0 radical (unpaired) electrons. The molecular weight excluding hydrogens is 364 g/mol. The van der Waals surface area contributed by atoms with Crippen LogP contribution in [-0.4, -0.2) is 32.5 Å². The van der Waals surface area contributed by atoms with Gasteiger partial charge in [0.1, 0.15) is 0 Å². The number of hydrogen-bond donors (Lipinski definition) is 4. The number of nitrogens with one attached hydrogen (secondary N) is 3. The van der Waals surface area contributed by atoms with Crippen LogP contribution in [0.15, 0.2) is 57.4 Å². The van der Waals surface area contributed by atoms with Crippen molar-refractivity contribution >= 4 is 39.6 Å². The number of benzene rings is 2. The van der Waals surface area contributed by atoms with Gasteiger partial charge in [-0.3, -0.25) is 15.2 Å². The molecule has 0 aliphatic carbocycles. The second kappa shape index (κ2) is 7.12. The topological polar surface area (TPSA) is 128 Å². The Bertz CT molecular complexity index is 1130. The molecule has 5 N–H and O–H groups in total. The molecule has 2 aromatic carbocycles. The first-order valence-corrected chi connectivity index (χ1v) is 9.18. The third-order valence-electron chi connectivity index (χ3n) is 4.12. The summed E-state index contributed by atoms with van der Waals surface area (Å²) >= 11 is 1.56. The Morgan fingerprint density at radius 2 is 1.93 bits per heavy atom. The molecule has 27 heavy (non-hydrogen) atoms. The first-order valence-electron chi connectivity index (χ1n) is 8.19. The lowest BCUT2D eigenvalue weighted by Gasteiger charge is -2.15. The number of H-pyrrole nitrogens is 2. The smallest absolute Gasteiger partial charge is 0.323 e. The number of aromatic amines is 2. The molecule has 0 unspecified atom stereocenters. The lowest BCUT2D eigenvalue weighted by atomic mass is 10.1. The van der Waals surface area contributed by atoms with E-state index in [4.69, 9.17) is 5.73 Å². The average Bonchev–Trinajstić information content (AvgIpc) is 3.06. The Hall–Kier alpha value is -3.33. The third-order valence-corrected chi connectivity index (χ3v) is 5.04. The summed E-state index contributed by atoms with van der Waals surface area (Å²) < 4.78 is 0. The maximum atomic E-state index is 11.4. The first kappa shape index (κ1) is 17.1. The fourth-order valence-electron chi connectivity index (χ4n) is 2.70. The number of amides is 1. The number of amidine groups is 1. The highest BCUT2D eigenvalue weighted by Gasteiger charge is 2.14. The summed E-state index contributed by atoms with van der Waals surface area (Å²) in [4.78, 5) is 32.4. The second-order valence-electron chi connectivity index (χ2n) is 5.98. The van der Waals surface area contributed by atoms with Gasteiger partial charge >= 0.3 is 5.69 Å². The van der Waals surface area contributed by atoms with Gasteiger partial charge < -0.3 is 15.7 Å². The minimum atomic E-state index is -0.443. The van der Waals surface area contributed by atoms with Crippen LogP contribution in [0.1, 0.15) is 21.5 Å². The van der Waals surface area contributed by atoms with E-state index in [1.165, 1.54) is 0 Å². The number of carbonyl (C=O) groups excluding carboxylic acids is 1. The van der Waals surface area contributed by atoms with Crippen molar-refractivity contribution in [3.63, 3.8) is 0 Å². The van der Waals surface area contributed by atoms with Gasteiger partial charge in [0.25, 0.3) is 0 Å². The number of aromatic nitrogens is 2. The van der Waals surface area contributed by atoms with Crippen molar-refractivity contribution in [2.45, 2.75) is 6.54 Å². The molecular formula is C18H16N6O2S. The highest BCUT2D eigenvalue weighted by molar-refractivity contribution is 8.14. The van der Waals surface area contributed by atoms with Gasteiger partial charge in [-0.15, -0.1) is 0 Å². The van der Waals surface area contributed by atoms with Crippen LogP contribution < -0.4 is 16.8 Å². The molecule has 0 spiro atoms. The van der Waals surface area contributed by atoms with Crippen molar-refractivity contribution in [3.8, 4) is 0 Å². The Labute approximate surface area is 158 Å². The number of fused-ring (bicyclic) bond motifs is 1. The summed E-state index contributed by atoms with van der Waals surface area (Å²) in [5.74, 6) is 0.230. The number of hydrogen-bond acceptors (Lipinski definition) is 5. The number of rotatable bonds is 4. The molecule has 0 bridgehead atoms. The van der Waals surface area contributed by atoms with Crippen molar-refractivity contribution in [1.82, 2.24) is 15.4 Å². The molecule has 1 aliphatic heterocycles. The van der Waals surface area contributed by atoms with Gasteiger partial charge in [-0.1, -0.05) is 30.0 Å². The summed E-state index contributed by atoms with van der Waals surface area (Å²) in [6.07, 6.45) is 0. The minimum Gasteiger partial charge on any atom is -0.366 e. The predicted octanol–water partition coefficient (Wildman–Crippen LogP) is 1.55. The van der Waals surface area contributed by atoms with Crippen LogP contribution in [0.25, 0.3) is 11.0 Å². The number of nitrogens with zero attached hydrogens (tertiary/aromatic N) is 2. The standard InChI is InChI=1S/C18H16N6O2S/c19-16(25)11-3-1-10(2-4-11)8-20-18-24-23-15(9-27-18)12-5-6-13-14(7-12)22-17(26)21-13/h1-7H,8-9H2,(H2,19,25)(H,20,24)(H2,21,22,26). The Morgan fingerprint density at radius 3 is 2.63 bits per heavy atom. The molecule has 1 aliphatic rings. The third kappa shape index (κ3) is 3.77. The number of hydrazone groups is 1. The molecule has 0 fully saturated rings. The Balaban J connectivity index is 1.44. The lowest BCUT2D eigenvalue weighted by Crippen LogP contribution is -2.25. The summed E-state index contributed by atoms with van der Waals surface area (Å²) in [5, 5.41) is 5.13. The molecule has 1 amide bonds. The first-order chi connectivity index (χ1) is 13.1. The van der Waals surface area contributed by atoms with Crippen LogP contribution in [0.2, 0.25) is 0 Å². The van der Waals surface area contributed by atoms with E-state index in [9.17, 15) is 9.59 Å². The Kier molecular flexibility index (Phi) is 4.51. The summed E-state index contributed by atoms with van der Waals surface area (Å²) in [6, 6.07) is 12.7. The normalized spacial score (nSPS) is 15.6. The molecule has 0 saturated heterocycles. The molecule has 0 atom stereocenters. The molecule has 8 nitrogen and oxygen atoms in total. The van der Waals surface area contributed by atoms with E-state index in [1.54, 1.807) is 23.9 Å². The lowest BCUT2D eigenvalue weighted by molar-refractivity contribution is 0.100. The van der Waals surface area contributed by atoms with Crippen LogP contribution in [0.5, 0.6) is 0 Å². The quantitative estimate of drug-likeness (QED) is 0.547. The van der Waals surface area contributed by atoms with Crippen LogP contribution in [-0.2, 0) is 6.54 Å². The summed E-state index contributed by atoms with van der Waals surface area (Å²) in [5.41, 5.74) is 12.8. The number of carbonyl (C=O) groups is 1. The van der Waals surface area contributed by atoms with Crippen molar-refractivity contribution in [1.29, 1.82) is 0 Å². The molecule has 1 aromatic heterocycles. The van der Waals surface area contributed by atoms with E-state index in [1.807, 2.05) is 30.3 Å². The number of imidazole rings is 1. The van der Waals surface area contributed by atoms with Crippen LogP contribution in [0.4, 0.5) is 0 Å². The molecule has 2 heterocycles. The zero-order valence-corrected chi connectivity index (χ0v) is 15.0. The monoisotopic (exact) mass is 380 g/mol. The van der Waals surface area contributed by atoms with Crippen molar-refractivity contribution in [3.05, 3.63) is 69.6 Å². The highest BCUT2D eigenvalue weighted by atomic mass is 32.2. The van der Waals surface area contributed by atoms with Gasteiger partial charge in [0.15, 0.2) is 5.17 Å². The molecule has 3 aromatic rings. The van der Waals surface area contributed by atoms with Gasteiger partial charge in [0.05, 0.1) is 23.3 Å². The number of primary amides is 1. The molecule has 0 saturated carbocycles. The van der Waals surface area contributed by atoms with Gasteiger partial charge in [-0.25, -0.2) is 4.79 Å². The van der Waals surface area contributed by atoms with E-state index >= 15 is 0 Å². The van der Waals surface area contributed by atoms with E-state index in [-0.39, 0.29) is 5.69 Å². The van der Waals surface area contributed by atoms with Gasteiger partial charge in [0, 0.05) is 16.9 Å². The van der Waals surface area contributed by atoms with Gasteiger partial charge in [0.2, 0.25) is 5.91 Å². The van der Waals surface area contributed by atoms with E-state index in [2.05, 4.69) is 25.5 Å². The largest absolute Gasteiger partial charge is 0.366 e. The number of thioether (sulfide) groups is 1. The van der Waals surface area contributed by atoms with Crippen LogP contribution in [0.3, 0.4) is 0 Å². The van der Waals surface area contributed by atoms with Crippen molar-refractivity contribution < 1.29 is 4.79 Å². The number of aliphatic imine (C=N–C) groups is 1. The van der Waals surface area contributed by atoms with E-state index in [0.29, 0.717) is 17.9 Å². The predicted molar refractivity (Wildman–Crippen MR) is 107 cm³/mol. The van der Waals surface area contributed by atoms with E-state index in [0.717, 1.165) is 33.0 Å². The van der Waals surface area contributed by atoms with Crippen molar-refractivity contribution in [2.75, 3.05) is 5.75 Å². The Morgan fingerprint density at radius 1 is 1.15 bits per heavy atom. The maximum Gasteiger partial charge on any atom is 0.323 e. The number of nitrogens with two attached hydrogens (primary N) is 1. The highest BCUT2D eigenvalue weighted by Crippen LogP contribution is 2.17. The van der Waals surface area contributed by atoms with Crippen LogP contribution >= 0.6 is 11.8 Å². The second-order valence-corrected chi connectivity index (χ2v) is 6.95.